The zero-order valence-corrected chi connectivity index (χ0v) is 14.1. The van der Waals surface area contributed by atoms with Gasteiger partial charge in [0, 0.05) is 18.7 Å². The molecular weight excluding hydrogens is 310 g/mol. The predicted octanol–water partition coefficient (Wildman–Crippen LogP) is 2.42. The minimum atomic E-state index is -0.0323. The molecule has 1 amide bonds. The fourth-order valence-electron chi connectivity index (χ4n) is 2.88. The molecule has 0 N–H and O–H groups in total. The average Bonchev–Trinajstić information content (AvgIpc) is 3.23. The fourth-order valence-corrected chi connectivity index (χ4v) is 2.88. The Morgan fingerprint density at radius 3 is 2.92 bits per heavy atom. The summed E-state index contributed by atoms with van der Waals surface area (Å²) in [4.78, 5) is 18.8. The van der Waals surface area contributed by atoms with Gasteiger partial charge in [-0.25, -0.2) is 0 Å². The van der Waals surface area contributed by atoms with Crippen molar-refractivity contribution in [2.45, 2.75) is 26.2 Å². The lowest BCUT2D eigenvalue weighted by molar-refractivity contribution is 0.0789. The lowest BCUT2D eigenvalue weighted by Gasteiger charge is -2.17. The maximum atomic E-state index is 12.7. The second-order valence-electron chi connectivity index (χ2n) is 5.72. The van der Waals surface area contributed by atoms with Gasteiger partial charge >= 0.3 is 0 Å². The minimum absolute atomic E-state index is 0.0323. The van der Waals surface area contributed by atoms with Crippen LogP contribution >= 0.6 is 0 Å². The van der Waals surface area contributed by atoms with Crippen molar-refractivity contribution in [2.75, 3.05) is 26.8 Å². The van der Waals surface area contributed by atoms with Crippen LogP contribution in [0.2, 0.25) is 0 Å². The van der Waals surface area contributed by atoms with Gasteiger partial charge in [0.05, 0.1) is 19.6 Å². The summed E-state index contributed by atoms with van der Waals surface area (Å²) < 4.78 is 16.0. The molecule has 1 atom stereocenters. The molecule has 1 aliphatic rings. The van der Waals surface area contributed by atoms with E-state index in [4.69, 9.17) is 14.0 Å². The highest BCUT2D eigenvalue weighted by molar-refractivity contribution is 5.95. The van der Waals surface area contributed by atoms with Crippen molar-refractivity contribution in [1.82, 2.24) is 15.0 Å². The fraction of sp³-hybridized carbons (Fsp3) is 0.471. The highest BCUT2D eigenvalue weighted by atomic mass is 16.5. The van der Waals surface area contributed by atoms with Gasteiger partial charge in [0.15, 0.2) is 17.3 Å². The summed E-state index contributed by atoms with van der Waals surface area (Å²) in [6, 6.07) is 5.25. The zero-order chi connectivity index (χ0) is 17.1. The average molecular weight is 331 g/mol. The molecule has 1 saturated heterocycles. The normalized spacial score (nSPS) is 17.1. The van der Waals surface area contributed by atoms with Gasteiger partial charge in [-0.1, -0.05) is 5.16 Å². The van der Waals surface area contributed by atoms with Crippen molar-refractivity contribution in [3.05, 3.63) is 35.5 Å². The lowest BCUT2D eigenvalue weighted by atomic mass is 10.1. The van der Waals surface area contributed by atoms with Crippen LogP contribution in [0.3, 0.4) is 0 Å². The topological polar surface area (TPSA) is 77.7 Å². The molecule has 2 heterocycles. The number of methoxy groups -OCH3 is 1. The Labute approximate surface area is 140 Å². The van der Waals surface area contributed by atoms with Gasteiger partial charge < -0.3 is 18.9 Å². The Kier molecular flexibility index (Phi) is 4.69. The Morgan fingerprint density at radius 2 is 2.25 bits per heavy atom. The first-order valence-corrected chi connectivity index (χ1v) is 8.02. The first-order chi connectivity index (χ1) is 11.6. The summed E-state index contributed by atoms with van der Waals surface area (Å²) in [7, 11) is 1.57. The number of benzene rings is 1. The maximum Gasteiger partial charge on any atom is 0.254 e. The second-order valence-corrected chi connectivity index (χ2v) is 5.72. The highest BCUT2D eigenvalue weighted by Crippen LogP contribution is 2.31. The van der Waals surface area contributed by atoms with Crippen molar-refractivity contribution in [3.8, 4) is 11.5 Å². The van der Waals surface area contributed by atoms with E-state index < -0.39 is 0 Å². The number of carbonyl (C=O) groups is 1. The van der Waals surface area contributed by atoms with Gasteiger partial charge in [0.1, 0.15) is 0 Å². The van der Waals surface area contributed by atoms with Crippen molar-refractivity contribution >= 4 is 5.91 Å². The molecule has 1 aromatic heterocycles. The number of amides is 1. The zero-order valence-electron chi connectivity index (χ0n) is 14.1. The molecule has 1 aromatic carbocycles. The van der Waals surface area contributed by atoms with Crippen LogP contribution in [0.1, 0.15) is 41.3 Å². The standard InChI is InChI=1S/C17H21N3O4/c1-4-23-14-6-5-12(9-15(14)22-3)17(21)20-8-7-13(10-20)16-18-11(2)19-24-16/h5-6,9,13H,4,7-8,10H2,1-3H3/t13-/m0/s1. The number of likely N-dealkylation sites (tertiary alicyclic amines) is 1. The quantitative estimate of drug-likeness (QED) is 0.837. The minimum Gasteiger partial charge on any atom is -0.493 e. The summed E-state index contributed by atoms with van der Waals surface area (Å²) in [5, 5.41) is 3.82. The molecule has 0 aliphatic carbocycles. The van der Waals surface area contributed by atoms with Crippen LogP contribution in [-0.2, 0) is 0 Å². The van der Waals surface area contributed by atoms with Gasteiger partial charge in [-0.05, 0) is 38.5 Å². The van der Waals surface area contributed by atoms with Crippen LogP contribution in [0, 0.1) is 6.92 Å². The third-order valence-electron chi connectivity index (χ3n) is 4.08. The summed E-state index contributed by atoms with van der Waals surface area (Å²) in [5.41, 5.74) is 0.581. The summed E-state index contributed by atoms with van der Waals surface area (Å²) >= 11 is 0. The number of carbonyl (C=O) groups excluding carboxylic acids is 1. The molecule has 24 heavy (non-hydrogen) atoms. The Hall–Kier alpha value is -2.57. The number of aromatic nitrogens is 2. The van der Waals surface area contributed by atoms with Gasteiger partial charge in [-0.15, -0.1) is 0 Å². The molecule has 0 unspecified atom stereocenters. The van der Waals surface area contributed by atoms with Gasteiger partial charge in [-0.3, -0.25) is 4.79 Å². The molecule has 2 aromatic rings. The van der Waals surface area contributed by atoms with E-state index in [-0.39, 0.29) is 11.8 Å². The van der Waals surface area contributed by atoms with Crippen LogP contribution < -0.4 is 9.47 Å². The first-order valence-electron chi connectivity index (χ1n) is 8.02. The summed E-state index contributed by atoms with van der Waals surface area (Å²) in [6.45, 7) is 5.48. The number of hydrogen-bond acceptors (Lipinski definition) is 6. The molecular formula is C17H21N3O4. The van der Waals surface area contributed by atoms with E-state index in [9.17, 15) is 4.79 Å². The van der Waals surface area contributed by atoms with Crippen molar-refractivity contribution < 1.29 is 18.8 Å². The monoisotopic (exact) mass is 331 g/mol. The molecule has 3 rings (SSSR count). The van der Waals surface area contributed by atoms with E-state index in [1.54, 1.807) is 37.1 Å². The van der Waals surface area contributed by atoms with Gasteiger partial charge in [0.25, 0.3) is 5.91 Å². The Bertz CT molecular complexity index is 728. The van der Waals surface area contributed by atoms with Crippen molar-refractivity contribution in [2.24, 2.45) is 0 Å². The molecule has 0 spiro atoms. The first kappa shape index (κ1) is 16.3. The van der Waals surface area contributed by atoms with Crippen LogP contribution in [0.15, 0.2) is 22.7 Å². The number of aryl methyl sites for hydroxylation is 1. The highest BCUT2D eigenvalue weighted by Gasteiger charge is 2.31. The molecule has 7 heteroatoms. The summed E-state index contributed by atoms with van der Waals surface area (Å²) in [6.07, 6.45) is 0.821. The van der Waals surface area contributed by atoms with E-state index in [1.807, 2.05) is 6.92 Å². The number of nitrogens with zero attached hydrogens (tertiary/aromatic N) is 3. The smallest absolute Gasteiger partial charge is 0.254 e. The van der Waals surface area contributed by atoms with Crippen LogP contribution in [0.25, 0.3) is 0 Å². The third-order valence-corrected chi connectivity index (χ3v) is 4.08. The predicted molar refractivity (Wildman–Crippen MR) is 86.5 cm³/mol. The molecule has 128 valence electrons. The SMILES string of the molecule is CCOc1ccc(C(=O)N2CC[C@H](c3nc(C)no3)C2)cc1OC. The summed E-state index contributed by atoms with van der Waals surface area (Å²) in [5.74, 6) is 2.48. The molecule has 1 aliphatic heterocycles. The van der Waals surface area contributed by atoms with Crippen LogP contribution in [0.5, 0.6) is 11.5 Å². The van der Waals surface area contributed by atoms with Crippen molar-refractivity contribution in [1.29, 1.82) is 0 Å². The molecule has 0 saturated carbocycles. The Morgan fingerprint density at radius 1 is 1.42 bits per heavy atom. The van der Waals surface area contributed by atoms with E-state index in [0.29, 0.717) is 48.5 Å². The lowest BCUT2D eigenvalue weighted by Crippen LogP contribution is -2.28. The molecule has 1 fully saturated rings. The number of ether oxygens (including phenoxy) is 2. The van der Waals surface area contributed by atoms with E-state index in [1.165, 1.54) is 0 Å². The second kappa shape index (κ2) is 6.90. The van der Waals surface area contributed by atoms with Crippen molar-refractivity contribution in [3.63, 3.8) is 0 Å². The maximum absolute atomic E-state index is 12.7. The third kappa shape index (κ3) is 3.20. The Balaban J connectivity index is 1.73. The molecule has 7 nitrogen and oxygen atoms in total. The van der Waals surface area contributed by atoms with E-state index in [0.717, 1.165) is 6.42 Å². The molecule has 0 radical (unpaired) electrons. The largest absolute Gasteiger partial charge is 0.493 e. The number of rotatable bonds is 5. The molecule has 0 bridgehead atoms. The number of hydrogen-bond donors (Lipinski definition) is 0. The van der Waals surface area contributed by atoms with Gasteiger partial charge in [0.2, 0.25) is 5.89 Å². The van der Waals surface area contributed by atoms with Crippen LogP contribution in [0.4, 0.5) is 0 Å². The van der Waals surface area contributed by atoms with Crippen LogP contribution in [-0.4, -0.2) is 47.8 Å². The van der Waals surface area contributed by atoms with E-state index >= 15 is 0 Å². The van der Waals surface area contributed by atoms with E-state index in [2.05, 4.69) is 10.1 Å². The van der Waals surface area contributed by atoms with Gasteiger partial charge in [-0.2, -0.15) is 4.98 Å².